The Morgan fingerprint density at radius 1 is 1.10 bits per heavy atom. The molecule has 1 fully saturated rings. The number of anilines is 1. The fourth-order valence-corrected chi connectivity index (χ4v) is 3.40. The lowest BCUT2D eigenvalue weighted by molar-refractivity contribution is -0.126. The molecule has 0 saturated carbocycles. The van der Waals surface area contributed by atoms with Crippen LogP contribution in [0.1, 0.15) is 18.9 Å². The summed E-state index contributed by atoms with van der Waals surface area (Å²) in [6.07, 6.45) is 0.179. The smallest absolute Gasteiger partial charge is 0.227 e. The lowest BCUT2D eigenvalue weighted by Crippen LogP contribution is -2.32. The van der Waals surface area contributed by atoms with E-state index in [1.807, 2.05) is 43.3 Å². The van der Waals surface area contributed by atoms with Crippen molar-refractivity contribution < 1.29 is 23.8 Å². The first-order valence-electron chi connectivity index (χ1n) is 9.58. The summed E-state index contributed by atoms with van der Waals surface area (Å²) in [5.41, 5.74) is 1.59. The average Bonchev–Trinajstić information content (AvgIpc) is 3.14. The molecule has 1 atom stereocenters. The van der Waals surface area contributed by atoms with Gasteiger partial charge in [-0.3, -0.25) is 9.59 Å². The number of hydrogen-bond donors (Lipinski definition) is 1. The summed E-state index contributed by atoms with van der Waals surface area (Å²) in [6.45, 7) is 3.08. The number of ether oxygens (including phenoxy) is 3. The average molecular weight is 398 g/mol. The van der Waals surface area contributed by atoms with Crippen LogP contribution in [0.4, 0.5) is 5.69 Å². The van der Waals surface area contributed by atoms with E-state index >= 15 is 0 Å². The van der Waals surface area contributed by atoms with Crippen LogP contribution in [0, 0.1) is 5.92 Å². The van der Waals surface area contributed by atoms with Crippen LogP contribution in [0.25, 0.3) is 0 Å². The van der Waals surface area contributed by atoms with Gasteiger partial charge in [-0.15, -0.1) is 0 Å². The first-order chi connectivity index (χ1) is 14.1. The Balaban J connectivity index is 1.64. The largest absolute Gasteiger partial charge is 0.493 e. The van der Waals surface area contributed by atoms with Crippen molar-refractivity contribution in [3.8, 4) is 17.2 Å². The van der Waals surface area contributed by atoms with E-state index in [1.54, 1.807) is 25.2 Å². The standard InChI is InChI=1S/C22H26N2O5/c1-4-29-18-8-6-5-7-17(18)24-14-16(12-21(24)25)22(26)23-13-15-9-10-19(27-2)20(11-15)28-3/h5-11,16H,4,12-14H2,1-3H3,(H,23,26)/t16-/m0/s1. The van der Waals surface area contributed by atoms with Gasteiger partial charge in [0.15, 0.2) is 11.5 Å². The minimum absolute atomic E-state index is 0.0802. The highest BCUT2D eigenvalue weighted by Gasteiger charge is 2.36. The molecule has 3 rings (SSSR count). The second-order valence-electron chi connectivity index (χ2n) is 6.71. The number of benzene rings is 2. The van der Waals surface area contributed by atoms with Crippen LogP contribution in [-0.4, -0.2) is 39.2 Å². The molecule has 2 aromatic carbocycles. The minimum atomic E-state index is -0.405. The van der Waals surface area contributed by atoms with Gasteiger partial charge in [-0.1, -0.05) is 18.2 Å². The molecule has 154 valence electrons. The topological polar surface area (TPSA) is 77.1 Å². The molecule has 1 aliphatic heterocycles. The van der Waals surface area contributed by atoms with E-state index in [0.29, 0.717) is 42.6 Å². The van der Waals surface area contributed by atoms with E-state index < -0.39 is 5.92 Å². The van der Waals surface area contributed by atoms with Gasteiger partial charge in [0.1, 0.15) is 5.75 Å². The molecule has 0 aliphatic carbocycles. The Morgan fingerprint density at radius 2 is 1.86 bits per heavy atom. The third kappa shape index (κ3) is 4.62. The highest BCUT2D eigenvalue weighted by atomic mass is 16.5. The maximum absolute atomic E-state index is 12.7. The number of rotatable bonds is 8. The molecule has 29 heavy (non-hydrogen) atoms. The van der Waals surface area contributed by atoms with E-state index in [-0.39, 0.29) is 18.2 Å². The number of amides is 2. The molecular weight excluding hydrogens is 372 g/mol. The molecule has 0 radical (unpaired) electrons. The molecule has 0 spiro atoms. The summed E-state index contributed by atoms with van der Waals surface area (Å²) in [4.78, 5) is 26.8. The number of carbonyl (C=O) groups excluding carboxylic acids is 2. The van der Waals surface area contributed by atoms with Crippen LogP contribution in [-0.2, 0) is 16.1 Å². The normalized spacial score (nSPS) is 15.9. The summed E-state index contributed by atoms with van der Waals surface area (Å²) in [5.74, 6) is 1.25. The number of carbonyl (C=O) groups is 2. The first kappa shape index (κ1) is 20.5. The van der Waals surface area contributed by atoms with E-state index in [1.165, 1.54) is 0 Å². The molecule has 0 aromatic heterocycles. The fraction of sp³-hybridized carbons (Fsp3) is 0.364. The maximum Gasteiger partial charge on any atom is 0.227 e. The molecule has 0 unspecified atom stereocenters. The van der Waals surface area contributed by atoms with Crippen molar-refractivity contribution in [3.05, 3.63) is 48.0 Å². The van der Waals surface area contributed by atoms with Crippen LogP contribution in [0.2, 0.25) is 0 Å². The van der Waals surface area contributed by atoms with Gasteiger partial charge in [-0.2, -0.15) is 0 Å². The van der Waals surface area contributed by atoms with Gasteiger partial charge >= 0.3 is 0 Å². The van der Waals surface area contributed by atoms with Crippen molar-refractivity contribution in [3.63, 3.8) is 0 Å². The molecule has 1 saturated heterocycles. The molecule has 7 nitrogen and oxygen atoms in total. The van der Waals surface area contributed by atoms with Crippen LogP contribution < -0.4 is 24.4 Å². The zero-order chi connectivity index (χ0) is 20.8. The third-order valence-corrected chi connectivity index (χ3v) is 4.87. The molecule has 1 N–H and O–H groups in total. The van der Waals surface area contributed by atoms with Crippen molar-refractivity contribution in [1.29, 1.82) is 0 Å². The quantitative estimate of drug-likeness (QED) is 0.740. The molecular formula is C22H26N2O5. The lowest BCUT2D eigenvalue weighted by Gasteiger charge is -2.20. The Bertz CT molecular complexity index is 883. The Hall–Kier alpha value is -3.22. The number of methoxy groups -OCH3 is 2. The number of nitrogens with zero attached hydrogens (tertiary/aromatic N) is 1. The number of para-hydroxylation sites is 2. The van der Waals surface area contributed by atoms with Gasteiger partial charge in [0.2, 0.25) is 11.8 Å². The minimum Gasteiger partial charge on any atom is -0.493 e. The van der Waals surface area contributed by atoms with Gasteiger partial charge in [0.25, 0.3) is 0 Å². The number of nitrogens with one attached hydrogen (secondary N) is 1. The Labute approximate surface area is 170 Å². The zero-order valence-corrected chi connectivity index (χ0v) is 16.9. The number of hydrogen-bond acceptors (Lipinski definition) is 5. The van der Waals surface area contributed by atoms with Crippen LogP contribution in [0.15, 0.2) is 42.5 Å². The van der Waals surface area contributed by atoms with Crippen molar-refractivity contribution in [2.45, 2.75) is 19.9 Å². The van der Waals surface area contributed by atoms with Crippen molar-refractivity contribution in [2.24, 2.45) is 5.92 Å². The van der Waals surface area contributed by atoms with Crippen molar-refractivity contribution in [2.75, 3.05) is 32.3 Å². The summed E-state index contributed by atoms with van der Waals surface area (Å²) in [5, 5.41) is 2.92. The van der Waals surface area contributed by atoms with Crippen LogP contribution in [0.5, 0.6) is 17.2 Å². The molecule has 2 amide bonds. The second kappa shape index (κ2) is 9.32. The van der Waals surface area contributed by atoms with E-state index in [4.69, 9.17) is 14.2 Å². The third-order valence-electron chi connectivity index (χ3n) is 4.87. The van der Waals surface area contributed by atoms with Gasteiger partial charge in [-0.25, -0.2) is 0 Å². The monoisotopic (exact) mass is 398 g/mol. The maximum atomic E-state index is 12.7. The summed E-state index contributed by atoms with van der Waals surface area (Å²) in [7, 11) is 3.14. The van der Waals surface area contributed by atoms with E-state index in [0.717, 1.165) is 5.56 Å². The first-order valence-corrected chi connectivity index (χ1v) is 9.58. The fourth-order valence-electron chi connectivity index (χ4n) is 3.40. The van der Waals surface area contributed by atoms with Crippen LogP contribution in [0.3, 0.4) is 0 Å². The summed E-state index contributed by atoms with van der Waals surface area (Å²) < 4.78 is 16.1. The molecule has 0 bridgehead atoms. The molecule has 1 heterocycles. The molecule has 7 heteroatoms. The molecule has 2 aromatic rings. The summed E-state index contributed by atoms with van der Waals surface area (Å²) in [6, 6.07) is 12.9. The predicted molar refractivity (Wildman–Crippen MR) is 109 cm³/mol. The highest BCUT2D eigenvalue weighted by Crippen LogP contribution is 2.33. The van der Waals surface area contributed by atoms with Crippen molar-refractivity contribution >= 4 is 17.5 Å². The predicted octanol–water partition coefficient (Wildman–Crippen LogP) is 2.77. The van der Waals surface area contributed by atoms with Gasteiger partial charge in [0.05, 0.1) is 32.4 Å². The summed E-state index contributed by atoms with van der Waals surface area (Å²) >= 11 is 0. The van der Waals surface area contributed by atoms with E-state index in [2.05, 4.69) is 5.32 Å². The van der Waals surface area contributed by atoms with E-state index in [9.17, 15) is 9.59 Å². The molecule has 1 aliphatic rings. The van der Waals surface area contributed by atoms with Gasteiger partial charge in [-0.05, 0) is 36.8 Å². The van der Waals surface area contributed by atoms with Gasteiger partial charge < -0.3 is 24.4 Å². The van der Waals surface area contributed by atoms with Crippen LogP contribution >= 0.6 is 0 Å². The zero-order valence-electron chi connectivity index (χ0n) is 16.9. The Morgan fingerprint density at radius 3 is 2.59 bits per heavy atom. The van der Waals surface area contributed by atoms with Gasteiger partial charge in [0, 0.05) is 19.5 Å². The SMILES string of the molecule is CCOc1ccccc1N1C[C@@H](C(=O)NCc2ccc(OC)c(OC)c2)CC1=O. The lowest BCUT2D eigenvalue weighted by atomic mass is 10.1. The highest BCUT2D eigenvalue weighted by molar-refractivity contribution is 6.01. The van der Waals surface area contributed by atoms with Crippen molar-refractivity contribution in [1.82, 2.24) is 5.32 Å². The second-order valence-corrected chi connectivity index (χ2v) is 6.71. The Kier molecular flexibility index (Phi) is 6.59.